The van der Waals surface area contributed by atoms with E-state index in [0.29, 0.717) is 31.6 Å². The summed E-state index contributed by atoms with van der Waals surface area (Å²) in [6.07, 6.45) is 3.45. The molecule has 3 rings (SSSR count). The third-order valence-electron chi connectivity index (χ3n) is 4.67. The van der Waals surface area contributed by atoms with Crippen molar-refractivity contribution in [1.29, 1.82) is 0 Å². The fourth-order valence-electron chi connectivity index (χ4n) is 3.12. The van der Waals surface area contributed by atoms with E-state index in [9.17, 15) is 13.2 Å². The van der Waals surface area contributed by atoms with Gasteiger partial charge in [-0.3, -0.25) is 9.48 Å². The van der Waals surface area contributed by atoms with Gasteiger partial charge in [0.15, 0.2) is 0 Å². The summed E-state index contributed by atoms with van der Waals surface area (Å²) in [5.74, 6) is -0.0701. The summed E-state index contributed by atoms with van der Waals surface area (Å²) in [5, 5.41) is 3.95. The first-order chi connectivity index (χ1) is 12.8. The van der Waals surface area contributed by atoms with E-state index in [2.05, 4.69) is 5.10 Å². The summed E-state index contributed by atoms with van der Waals surface area (Å²) in [5.41, 5.74) is 1.57. The maximum atomic E-state index is 12.9. The molecule has 0 atom stereocenters. The molecule has 1 aromatic heterocycles. The maximum Gasteiger partial charge on any atom is 0.253 e. The summed E-state index contributed by atoms with van der Waals surface area (Å²) >= 11 is 0. The zero-order valence-electron chi connectivity index (χ0n) is 15.9. The first-order valence-electron chi connectivity index (χ1n) is 8.84. The Bertz CT molecular complexity index is 923. The van der Waals surface area contributed by atoms with Crippen LogP contribution in [-0.4, -0.2) is 73.6 Å². The Morgan fingerprint density at radius 3 is 2.59 bits per heavy atom. The molecule has 0 aliphatic carbocycles. The van der Waals surface area contributed by atoms with Crippen LogP contribution in [0.15, 0.2) is 41.6 Å². The van der Waals surface area contributed by atoms with Crippen LogP contribution in [0, 0.1) is 0 Å². The van der Waals surface area contributed by atoms with E-state index in [1.54, 1.807) is 18.0 Å². The molecule has 1 saturated heterocycles. The molecule has 0 spiro atoms. The van der Waals surface area contributed by atoms with Gasteiger partial charge in [-0.25, -0.2) is 8.42 Å². The highest BCUT2D eigenvalue weighted by molar-refractivity contribution is 7.89. The molecule has 1 aliphatic heterocycles. The van der Waals surface area contributed by atoms with Gasteiger partial charge in [0.2, 0.25) is 10.0 Å². The van der Waals surface area contributed by atoms with Gasteiger partial charge >= 0.3 is 0 Å². The second-order valence-electron chi connectivity index (χ2n) is 6.84. The topological polar surface area (TPSA) is 78.8 Å². The molecule has 2 heterocycles. The Kier molecular flexibility index (Phi) is 5.52. The van der Waals surface area contributed by atoms with E-state index < -0.39 is 10.0 Å². The molecule has 9 heteroatoms. The maximum absolute atomic E-state index is 12.9. The molecule has 27 heavy (non-hydrogen) atoms. The van der Waals surface area contributed by atoms with Gasteiger partial charge in [0.1, 0.15) is 4.90 Å². The van der Waals surface area contributed by atoms with Crippen molar-refractivity contribution in [2.75, 3.05) is 45.2 Å². The van der Waals surface area contributed by atoms with Crippen molar-refractivity contribution in [3.63, 3.8) is 0 Å². The van der Waals surface area contributed by atoms with Gasteiger partial charge in [-0.2, -0.15) is 9.40 Å². The third-order valence-corrected chi connectivity index (χ3v) is 6.52. The van der Waals surface area contributed by atoms with Crippen LogP contribution in [0.1, 0.15) is 16.8 Å². The lowest BCUT2D eigenvalue weighted by molar-refractivity contribution is 0.0764. The zero-order valence-corrected chi connectivity index (χ0v) is 16.7. The molecule has 1 aliphatic rings. The fraction of sp³-hybridized carbons (Fsp3) is 0.444. The molecule has 146 valence electrons. The molecule has 2 aromatic rings. The Labute approximate surface area is 160 Å². The summed E-state index contributed by atoms with van der Waals surface area (Å²) in [6, 6.07) is 7.46. The number of amides is 1. The minimum absolute atomic E-state index is 0.0701. The van der Waals surface area contributed by atoms with Crippen molar-refractivity contribution >= 4 is 21.6 Å². The molecule has 0 unspecified atom stereocenters. The van der Waals surface area contributed by atoms with Crippen LogP contribution in [0.4, 0.5) is 5.69 Å². The smallest absolute Gasteiger partial charge is 0.253 e. The van der Waals surface area contributed by atoms with Crippen LogP contribution in [0.2, 0.25) is 0 Å². The third kappa shape index (κ3) is 4.14. The average Bonchev–Trinajstić information content (AvgIpc) is 2.94. The van der Waals surface area contributed by atoms with Crippen molar-refractivity contribution in [2.45, 2.75) is 11.3 Å². The standard InChI is InChI=1S/C18H25N5O3S/c1-20(2)16-7-4-6-15(12-16)18(24)22-8-5-9-23(11-10-22)27(25,26)17-13-19-21(3)14-17/h4,6-7,12-14H,5,8-11H2,1-3H3. The van der Waals surface area contributed by atoms with Gasteiger partial charge in [0, 0.05) is 64.8 Å². The van der Waals surface area contributed by atoms with E-state index >= 15 is 0 Å². The minimum Gasteiger partial charge on any atom is -0.378 e. The lowest BCUT2D eigenvalue weighted by atomic mass is 10.1. The van der Waals surface area contributed by atoms with Crippen LogP contribution >= 0.6 is 0 Å². The fourth-order valence-corrected chi connectivity index (χ4v) is 4.57. The van der Waals surface area contributed by atoms with Crippen LogP contribution in [-0.2, 0) is 17.1 Å². The predicted molar refractivity (Wildman–Crippen MR) is 103 cm³/mol. The zero-order chi connectivity index (χ0) is 19.6. The minimum atomic E-state index is -3.59. The Hall–Kier alpha value is -2.39. The van der Waals surface area contributed by atoms with Crippen molar-refractivity contribution in [3.05, 3.63) is 42.2 Å². The van der Waals surface area contributed by atoms with Crippen molar-refractivity contribution < 1.29 is 13.2 Å². The molecule has 0 radical (unpaired) electrons. The van der Waals surface area contributed by atoms with E-state index in [-0.39, 0.29) is 17.3 Å². The first-order valence-corrected chi connectivity index (χ1v) is 10.3. The van der Waals surface area contributed by atoms with Gasteiger partial charge in [-0.15, -0.1) is 0 Å². The molecule has 8 nitrogen and oxygen atoms in total. The average molecular weight is 391 g/mol. The van der Waals surface area contributed by atoms with Crippen molar-refractivity contribution in [1.82, 2.24) is 19.0 Å². The number of aryl methyl sites for hydroxylation is 1. The number of sulfonamides is 1. The summed E-state index contributed by atoms with van der Waals surface area (Å²) in [6.45, 7) is 1.56. The number of carbonyl (C=O) groups is 1. The lowest BCUT2D eigenvalue weighted by Gasteiger charge is -2.22. The van der Waals surface area contributed by atoms with Crippen LogP contribution < -0.4 is 4.90 Å². The molecule has 1 fully saturated rings. The second kappa shape index (κ2) is 7.69. The second-order valence-corrected chi connectivity index (χ2v) is 8.78. The number of aromatic nitrogens is 2. The number of benzene rings is 1. The van der Waals surface area contributed by atoms with Crippen molar-refractivity contribution in [2.24, 2.45) is 7.05 Å². The van der Waals surface area contributed by atoms with E-state index in [4.69, 9.17) is 0 Å². The molecular weight excluding hydrogens is 366 g/mol. The Balaban J connectivity index is 1.73. The van der Waals surface area contributed by atoms with Crippen LogP contribution in [0.5, 0.6) is 0 Å². The van der Waals surface area contributed by atoms with Crippen LogP contribution in [0.3, 0.4) is 0 Å². The highest BCUT2D eigenvalue weighted by Crippen LogP contribution is 2.19. The van der Waals surface area contributed by atoms with Gasteiger partial charge in [-0.1, -0.05) is 6.07 Å². The highest BCUT2D eigenvalue weighted by Gasteiger charge is 2.29. The number of carbonyl (C=O) groups excluding carboxylic acids is 1. The predicted octanol–water partition coefficient (Wildman–Crippen LogP) is 1.02. The molecule has 0 saturated carbocycles. The molecule has 0 bridgehead atoms. The summed E-state index contributed by atoms with van der Waals surface area (Å²) < 4.78 is 28.5. The molecular formula is C18H25N5O3S. The van der Waals surface area contributed by atoms with Crippen molar-refractivity contribution in [3.8, 4) is 0 Å². The van der Waals surface area contributed by atoms with Gasteiger partial charge in [0.25, 0.3) is 5.91 Å². The van der Waals surface area contributed by atoms with E-state index in [0.717, 1.165) is 5.69 Å². The molecule has 1 aromatic carbocycles. The van der Waals surface area contributed by atoms with E-state index in [1.165, 1.54) is 21.4 Å². The number of nitrogens with zero attached hydrogens (tertiary/aromatic N) is 5. The van der Waals surface area contributed by atoms with Gasteiger partial charge in [-0.05, 0) is 24.6 Å². The quantitative estimate of drug-likeness (QED) is 0.778. The monoisotopic (exact) mass is 391 g/mol. The molecule has 0 N–H and O–H groups in total. The largest absolute Gasteiger partial charge is 0.378 e. The SMILES string of the molecule is CN(C)c1cccc(C(=O)N2CCCN(S(=O)(=O)c3cnn(C)c3)CC2)c1. The number of hydrogen-bond donors (Lipinski definition) is 0. The number of anilines is 1. The normalized spacial score (nSPS) is 16.2. The lowest BCUT2D eigenvalue weighted by Crippen LogP contribution is -2.37. The first kappa shape index (κ1) is 19.4. The number of hydrogen-bond acceptors (Lipinski definition) is 5. The Morgan fingerprint density at radius 2 is 1.93 bits per heavy atom. The highest BCUT2D eigenvalue weighted by atomic mass is 32.2. The number of rotatable bonds is 4. The molecule has 1 amide bonds. The van der Waals surface area contributed by atoms with Gasteiger partial charge in [0.05, 0.1) is 6.20 Å². The summed E-state index contributed by atoms with van der Waals surface area (Å²) in [7, 11) is 1.95. The van der Waals surface area contributed by atoms with Gasteiger partial charge < -0.3 is 9.80 Å². The van der Waals surface area contributed by atoms with E-state index in [1.807, 2.05) is 37.2 Å². The van der Waals surface area contributed by atoms with Crippen LogP contribution in [0.25, 0.3) is 0 Å². The Morgan fingerprint density at radius 1 is 1.15 bits per heavy atom. The summed E-state index contributed by atoms with van der Waals surface area (Å²) in [4.78, 5) is 16.7.